The van der Waals surface area contributed by atoms with Gasteiger partial charge in [-0.1, -0.05) is 78.0 Å². The summed E-state index contributed by atoms with van der Waals surface area (Å²) < 4.78 is 23.4. The lowest BCUT2D eigenvalue weighted by Gasteiger charge is -2.44. The van der Waals surface area contributed by atoms with E-state index >= 15 is 0 Å². The van der Waals surface area contributed by atoms with Crippen LogP contribution in [0.4, 0.5) is 0 Å². The maximum atomic E-state index is 14.5. The summed E-state index contributed by atoms with van der Waals surface area (Å²) >= 11 is 0. The molecule has 9 rings (SSSR count). The van der Waals surface area contributed by atoms with E-state index in [1.807, 2.05) is 44.9 Å². The van der Waals surface area contributed by atoms with Crippen molar-refractivity contribution in [1.29, 1.82) is 0 Å². The van der Waals surface area contributed by atoms with Crippen molar-refractivity contribution in [3.8, 4) is 17.2 Å². The summed E-state index contributed by atoms with van der Waals surface area (Å²) in [6.45, 7) is 13.1. The largest absolute Gasteiger partial charge is 0.507 e. The molecule has 35 heteroatoms. The highest BCUT2D eigenvalue weighted by atomic mass is 16.7. The highest BCUT2D eigenvalue weighted by Gasteiger charge is 2.51. The van der Waals surface area contributed by atoms with Gasteiger partial charge in [-0.15, -0.1) is 0 Å². The number of amides is 9. The predicted molar refractivity (Wildman–Crippen MR) is 413 cm³/mol. The Morgan fingerprint density at radius 3 is 2.11 bits per heavy atom. The van der Waals surface area contributed by atoms with Gasteiger partial charge in [-0.05, 0) is 87.6 Å². The fraction of sp³-hybridized carbons (Fsp3) is 0.525. The smallest absolute Gasteiger partial charge is 0.306 e. The fourth-order valence-electron chi connectivity index (χ4n) is 14.9. The first kappa shape index (κ1) is 87.8. The second kappa shape index (κ2) is 39.3. The maximum Gasteiger partial charge on any atom is 0.306 e. The van der Waals surface area contributed by atoms with Crippen LogP contribution < -0.4 is 58.7 Å². The lowest BCUT2D eigenvalue weighted by atomic mass is 9.72. The molecule has 9 amide bonds. The number of carbonyl (C=O) groups excluding carboxylic acids is 13. The first-order valence-electron chi connectivity index (χ1n) is 38.7. The van der Waals surface area contributed by atoms with E-state index in [0.717, 1.165) is 0 Å². The van der Waals surface area contributed by atoms with Crippen molar-refractivity contribution in [3.05, 3.63) is 118 Å². The number of aromatic amines is 2. The minimum absolute atomic E-state index is 0.0120. The number of phenolic OH excluding ortho intramolecular Hbond substituents is 2. The Balaban J connectivity index is 0.820. The van der Waals surface area contributed by atoms with Crippen LogP contribution in [0.5, 0.6) is 17.2 Å². The SMILES string of the molecule is COc1cccc2c1C(=O)c1c(O)c3c(c(O)c1C2=O)C[C@@](O)(C(=O)COC(=O)CCCC(=O)N[C@@H](CCC(N)=O)C(=O)N[C@@H](Cc1c[nH]c2ccccc12)C(=O)N[C@@H](C)C(=O)N[C@H](C(=O)NCC(=O)N[C@@H](Cc1cnc[nH]1)C(=O)N[C@H](CN[C@@H](CC(C)C)C(N)=O)CC(C)C)C(C)C)C[C@@H]3O[C@H]1C[C@H](N2C=CCC2)[C@H](O)[C@H](C)O1. The summed E-state index contributed by atoms with van der Waals surface area (Å²) in [5, 5.41) is 70.4. The number of ketones is 3. The lowest BCUT2D eigenvalue weighted by molar-refractivity contribution is -0.256. The molecule has 115 heavy (non-hydrogen) atoms. The zero-order valence-corrected chi connectivity index (χ0v) is 65.9. The minimum atomic E-state index is -2.56. The molecule has 0 saturated carbocycles. The number of esters is 1. The standard InChI is InChI=1S/C80H106N14O21/c1-39(2)26-46(35-85-52(74(82)105)27-40(3)4)89-78(109)54(29-45-34-83-38-87-45)91-61(98)36-86-79(110)68(41(5)6)93-75(106)42(7)88-77(108)53(28-44-33-84-50-18-11-10-16-47(44)50)92-76(107)51(22-23-59(81)96)90-60(97)20-15-21-62(99)113-37-58(95)80(111)31-49-65(57(32-80)115-63-30-55(69(100)43(8)114-63)94-24-12-13-25-94)73(104)67-66(71(49)102)70(101)48-17-14-19-56(112-9)64(48)72(67)103/h10-12,14,16-19,24,33-34,38-43,46,51-55,57,63,68-69,84-85,100,102,104,111H,13,15,20-23,25-32,35-37H2,1-9H3,(H2,81,96)(H2,82,105)(H,83,87)(H,86,110)(H,88,108)(H,89,109)(H,90,97)(H,91,98)(H,92,107)(H,93,106)/t42-,43-,46-,51-,52-,53-,54-,55-,57-,63-,68-,69+,80-/m0/s1. The van der Waals surface area contributed by atoms with Gasteiger partial charge in [0.05, 0.1) is 61.0 Å². The Hall–Kier alpha value is -11.1. The summed E-state index contributed by atoms with van der Waals surface area (Å²) in [6.07, 6.45) is 1.71. The van der Waals surface area contributed by atoms with Crippen molar-refractivity contribution in [1.82, 2.24) is 62.4 Å². The third-order valence-electron chi connectivity index (χ3n) is 20.9. The summed E-state index contributed by atoms with van der Waals surface area (Å²) in [7, 11) is 1.28. The molecule has 2 aliphatic heterocycles. The van der Waals surface area contributed by atoms with Crippen LogP contribution in [0.1, 0.15) is 180 Å². The van der Waals surface area contributed by atoms with Crippen LogP contribution in [-0.2, 0) is 86.2 Å². The average Bonchev–Trinajstić information content (AvgIpc) is 1.01. The van der Waals surface area contributed by atoms with Crippen LogP contribution in [-0.4, -0.2) is 223 Å². The number of phenols is 2. The van der Waals surface area contributed by atoms with Crippen molar-refractivity contribution >= 4 is 87.4 Å². The normalized spacial score (nSPS) is 20.2. The van der Waals surface area contributed by atoms with Crippen LogP contribution in [0.2, 0.25) is 0 Å². The number of rotatable bonds is 40. The van der Waals surface area contributed by atoms with E-state index in [0.29, 0.717) is 48.0 Å². The van der Waals surface area contributed by atoms with Crippen molar-refractivity contribution < 1.29 is 102 Å². The Morgan fingerprint density at radius 2 is 1.44 bits per heavy atom. The highest BCUT2D eigenvalue weighted by Crippen LogP contribution is 2.53. The van der Waals surface area contributed by atoms with E-state index in [1.54, 1.807) is 51.2 Å². The molecule has 4 aliphatic rings. The number of aliphatic hydroxyl groups is 2. The molecule has 0 spiro atoms. The molecule has 35 nitrogen and oxygen atoms in total. The summed E-state index contributed by atoms with van der Waals surface area (Å²) in [6, 6.07) is 2.75. The molecule has 0 radical (unpaired) electrons. The number of imidazole rings is 1. The number of methoxy groups -OCH3 is 1. The number of nitrogens with two attached hydrogens (primary N) is 2. The molecule has 4 heterocycles. The van der Waals surface area contributed by atoms with Gasteiger partial charge in [0.2, 0.25) is 64.7 Å². The molecule has 2 aromatic heterocycles. The lowest BCUT2D eigenvalue weighted by Crippen LogP contribution is -2.59. The minimum Gasteiger partial charge on any atom is -0.507 e. The van der Waals surface area contributed by atoms with Crippen molar-refractivity contribution in [2.24, 2.45) is 29.2 Å². The van der Waals surface area contributed by atoms with E-state index in [-0.39, 0.29) is 78.5 Å². The summed E-state index contributed by atoms with van der Waals surface area (Å²) in [5.74, 6) is -12.9. The van der Waals surface area contributed by atoms with Crippen LogP contribution >= 0.6 is 0 Å². The van der Waals surface area contributed by atoms with Crippen molar-refractivity contribution in [2.75, 3.05) is 33.4 Å². The number of fused-ring (bicyclic) bond motifs is 4. The third kappa shape index (κ3) is 22.2. The van der Waals surface area contributed by atoms with Crippen molar-refractivity contribution in [2.45, 2.75) is 217 Å². The number of carbonyl (C=O) groups is 13. The Bertz CT molecular complexity index is 4460. The molecule has 2 aliphatic carbocycles. The fourth-order valence-corrected chi connectivity index (χ4v) is 14.9. The first-order chi connectivity index (χ1) is 54.6. The van der Waals surface area contributed by atoms with Crippen LogP contribution in [0.3, 0.4) is 0 Å². The number of H-pyrrole nitrogens is 2. The number of nitrogens with zero attached hydrogens (tertiary/aromatic N) is 2. The number of benzene rings is 3. The Labute approximate surface area is 664 Å². The maximum absolute atomic E-state index is 14.5. The van der Waals surface area contributed by atoms with Gasteiger partial charge in [0.1, 0.15) is 59.2 Å². The quantitative estimate of drug-likeness (QED) is 0.0190. The van der Waals surface area contributed by atoms with Gasteiger partial charge in [0.15, 0.2) is 18.7 Å². The molecule has 13 atom stereocenters. The summed E-state index contributed by atoms with van der Waals surface area (Å²) in [5.41, 5.74) is 8.28. The molecule has 3 aromatic carbocycles. The van der Waals surface area contributed by atoms with E-state index in [2.05, 4.69) is 57.5 Å². The molecule has 0 bridgehead atoms. The molecule has 1 saturated heterocycles. The zero-order chi connectivity index (χ0) is 83.9. The number of aromatic hydroxyl groups is 2. The number of ether oxygens (including phenoxy) is 4. The molecule has 18 N–H and O–H groups in total. The number of primary amides is 2. The number of aromatic nitrogens is 3. The number of nitrogens with one attached hydrogen (secondary N) is 10. The first-order valence-corrected chi connectivity index (χ1v) is 38.7. The number of hydrogen-bond donors (Lipinski definition) is 16. The molecule has 622 valence electrons. The Kier molecular flexibility index (Phi) is 30.0. The Morgan fingerprint density at radius 1 is 0.748 bits per heavy atom. The van der Waals surface area contributed by atoms with E-state index in [9.17, 15) is 82.8 Å². The molecule has 1 fully saturated rings. The second-order valence-corrected chi connectivity index (χ2v) is 31.0. The van der Waals surface area contributed by atoms with Gasteiger partial charge in [0, 0.05) is 116 Å². The van der Waals surface area contributed by atoms with Crippen LogP contribution in [0.15, 0.2) is 73.5 Å². The molecular formula is C80H106N14O21. The number of Topliss-reactive ketones (excluding diaryl/α,β-unsaturated/α-hetero) is 1. The monoisotopic (exact) mass is 1600 g/mol. The van der Waals surface area contributed by atoms with Crippen LogP contribution in [0, 0.1) is 17.8 Å². The number of aliphatic hydroxyl groups excluding tert-OH is 1. The van der Waals surface area contributed by atoms with Gasteiger partial charge >= 0.3 is 5.97 Å². The molecule has 5 aromatic rings. The second-order valence-electron chi connectivity index (χ2n) is 31.0. The number of hydrogen-bond acceptors (Lipinski definition) is 24. The van der Waals surface area contributed by atoms with E-state index in [1.165, 1.54) is 44.8 Å². The third-order valence-corrected chi connectivity index (χ3v) is 20.9. The van der Waals surface area contributed by atoms with Gasteiger partial charge in [-0.2, -0.15) is 0 Å². The van der Waals surface area contributed by atoms with Gasteiger partial charge in [-0.3, -0.25) is 62.3 Å². The molecule has 0 unspecified atom stereocenters. The highest BCUT2D eigenvalue weighted by molar-refractivity contribution is 6.31. The van der Waals surface area contributed by atoms with Crippen LogP contribution in [0.25, 0.3) is 10.9 Å². The zero-order valence-electron chi connectivity index (χ0n) is 65.9. The average molecular weight is 1600 g/mol. The summed E-state index contributed by atoms with van der Waals surface area (Å²) in [4.78, 5) is 191. The topological polar surface area (TPSA) is 536 Å². The van der Waals surface area contributed by atoms with E-state index in [4.69, 9.17) is 30.4 Å². The predicted octanol–water partition coefficient (Wildman–Crippen LogP) is 1.18. The van der Waals surface area contributed by atoms with Gasteiger partial charge in [-0.25, -0.2) is 4.98 Å². The van der Waals surface area contributed by atoms with E-state index < -0.39 is 229 Å². The number of para-hydroxylation sites is 1. The van der Waals surface area contributed by atoms with Crippen molar-refractivity contribution in [3.63, 3.8) is 0 Å². The van der Waals surface area contributed by atoms with Gasteiger partial charge in [0.25, 0.3) is 0 Å². The van der Waals surface area contributed by atoms with Gasteiger partial charge < -0.3 is 108 Å². The molecular weight excluding hydrogens is 1490 g/mol.